The molecular formula is C11H12F2N2S. The van der Waals surface area contributed by atoms with Crippen molar-refractivity contribution in [1.29, 1.82) is 0 Å². The number of nitrogens with two attached hydrogens (primary N) is 1. The number of nitrogens with one attached hydrogen (secondary N) is 1. The van der Waals surface area contributed by atoms with Crippen LogP contribution in [-0.4, -0.2) is 11.0 Å². The molecule has 2 rings (SSSR count). The molecule has 0 amide bonds. The Labute approximate surface area is 97.8 Å². The molecule has 0 atom stereocenters. The molecule has 3 N–H and O–H groups in total. The zero-order valence-electron chi connectivity index (χ0n) is 8.59. The molecule has 0 spiro atoms. The predicted molar refractivity (Wildman–Crippen MR) is 63.5 cm³/mol. The van der Waals surface area contributed by atoms with E-state index < -0.39 is 11.6 Å². The zero-order valence-corrected chi connectivity index (χ0v) is 9.41. The molecule has 1 aliphatic carbocycles. The Kier molecular flexibility index (Phi) is 3.05. The smallest absolute Gasteiger partial charge is 0.182 e. The van der Waals surface area contributed by atoms with Gasteiger partial charge in [0.2, 0.25) is 0 Å². The average molecular weight is 242 g/mol. The minimum Gasteiger partial charge on any atom is -0.389 e. The molecule has 0 aromatic heterocycles. The van der Waals surface area contributed by atoms with E-state index in [0.717, 1.165) is 19.3 Å². The lowest BCUT2D eigenvalue weighted by molar-refractivity contribution is 0.440. The van der Waals surface area contributed by atoms with E-state index in [2.05, 4.69) is 17.5 Å². The molecule has 5 heteroatoms. The standard InChI is InChI=1S/C11H12F2N2S/c12-9-7(11(14)16)4-5-8(10(9)13)15-6-2-1-3-6/h4-6,15H,1-3H2,(H2,14,16). The van der Waals surface area contributed by atoms with Crippen LogP contribution in [0.25, 0.3) is 0 Å². The summed E-state index contributed by atoms with van der Waals surface area (Å²) in [6, 6.07) is 3.14. The second-order valence-electron chi connectivity index (χ2n) is 3.93. The van der Waals surface area contributed by atoms with Crippen molar-refractivity contribution >= 4 is 22.9 Å². The van der Waals surface area contributed by atoms with Crippen LogP contribution >= 0.6 is 12.2 Å². The highest BCUT2D eigenvalue weighted by molar-refractivity contribution is 7.80. The Morgan fingerprint density at radius 1 is 1.31 bits per heavy atom. The van der Waals surface area contributed by atoms with Crippen molar-refractivity contribution in [3.8, 4) is 0 Å². The van der Waals surface area contributed by atoms with Crippen molar-refractivity contribution < 1.29 is 8.78 Å². The molecule has 0 aliphatic heterocycles. The largest absolute Gasteiger partial charge is 0.389 e. The van der Waals surface area contributed by atoms with Crippen molar-refractivity contribution in [3.05, 3.63) is 29.3 Å². The zero-order chi connectivity index (χ0) is 11.7. The maximum absolute atomic E-state index is 13.6. The first-order valence-electron chi connectivity index (χ1n) is 5.14. The van der Waals surface area contributed by atoms with Crippen LogP contribution in [0.1, 0.15) is 24.8 Å². The lowest BCUT2D eigenvalue weighted by Gasteiger charge is -2.27. The minimum atomic E-state index is -0.975. The second kappa shape index (κ2) is 4.33. The van der Waals surface area contributed by atoms with Gasteiger partial charge < -0.3 is 11.1 Å². The molecule has 1 aliphatic rings. The van der Waals surface area contributed by atoms with Gasteiger partial charge in [-0.25, -0.2) is 8.78 Å². The highest BCUT2D eigenvalue weighted by Gasteiger charge is 2.21. The van der Waals surface area contributed by atoms with Gasteiger partial charge >= 0.3 is 0 Å². The summed E-state index contributed by atoms with van der Waals surface area (Å²) in [6.07, 6.45) is 3.13. The van der Waals surface area contributed by atoms with E-state index in [-0.39, 0.29) is 22.3 Å². The first-order chi connectivity index (χ1) is 7.59. The third-order valence-corrected chi connectivity index (χ3v) is 3.03. The van der Waals surface area contributed by atoms with Gasteiger partial charge in [0.05, 0.1) is 5.69 Å². The summed E-state index contributed by atoms with van der Waals surface area (Å²) in [4.78, 5) is -0.133. The predicted octanol–water partition coefficient (Wildman–Crippen LogP) is 2.56. The molecule has 2 nitrogen and oxygen atoms in total. The second-order valence-corrected chi connectivity index (χ2v) is 4.36. The highest BCUT2D eigenvalue weighted by atomic mass is 32.1. The maximum Gasteiger partial charge on any atom is 0.182 e. The summed E-state index contributed by atoms with van der Waals surface area (Å²) in [5.41, 5.74) is 5.41. The fourth-order valence-electron chi connectivity index (χ4n) is 1.62. The lowest BCUT2D eigenvalue weighted by Crippen LogP contribution is -2.27. The quantitative estimate of drug-likeness (QED) is 0.800. The van der Waals surface area contributed by atoms with Crippen LogP contribution in [0.4, 0.5) is 14.5 Å². The first kappa shape index (κ1) is 11.3. The van der Waals surface area contributed by atoms with Crippen LogP contribution in [0.3, 0.4) is 0 Å². The topological polar surface area (TPSA) is 38.0 Å². The molecule has 0 saturated heterocycles. The highest BCUT2D eigenvalue weighted by Crippen LogP contribution is 2.26. The molecule has 1 saturated carbocycles. The van der Waals surface area contributed by atoms with Crippen LogP contribution in [0.15, 0.2) is 12.1 Å². The van der Waals surface area contributed by atoms with E-state index in [0.29, 0.717) is 0 Å². The Morgan fingerprint density at radius 2 is 2.00 bits per heavy atom. The maximum atomic E-state index is 13.6. The Bertz CT molecular complexity index is 430. The van der Waals surface area contributed by atoms with E-state index in [1.54, 1.807) is 0 Å². The van der Waals surface area contributed by atoms with Crippen molar-refractivity contribution in [2.24, 2.45) is 5.73 Å². The van der Waals surface area contributed by atoms with Gasteiger partial charge in [0, 0.05) is 11.6 Å². The molecule has 86 valence electrons. The van der Waals surface area contributed by atoms with Crippen molar-refractivity contribution in [2.45, 2.75) is 25.3 Å². The monoisotopic (exact) mass is 242 g/mol. The van der Waals surface area contributed by atoms with Gasteiger partial charge in [-0.15, -0.1) is 0 Å². The SMILES string of the molecule is NC(=S)c1ccc(NC2CCC2)c(F)c1F. The molecule has 0 bridgehead atoms. The van der Waals surface area contributed by atoms with Gasteiger partial charge in [-0.05, 0) is 31.4 Å². The third kappa shape index (κ3) is 2.00. The van der Waals surface area contributed by atoms with Crippen molar-refractivity contribution in [1.82, 2.24) is 0 Å². The van der Waals surface area contributed by atoms with E-state index in [9.17, 15) is 8.78 Å². The van der Waals surface area contributed by atoms with Gasteiger partial charge in [-0.3, -0.25) is 0 Å². The molecular weight excluding hydrogens is 230 g/mol. The van der Waals surface area contributed by atoms with Gasteiger partial charge in [0.25, 0.3) is 0 Å². The Hall–Kier alpha value is -1.23. The number of halogens is 2. The fraction of sp³-hybridized carbons (Fsp3) is 0.364. The van der Waals surface area contributed by atoms with Crippen LogP contribution in [0, 0.1) is 11.6 Å². The van der Waals surface area contributed by atoms with Crippen LogP contribution in [0.5, 0.6) is 0 Å². The molecule has 0 heterocycles. The summed E-state index contributed by atoms with van der Waals surface area (Å²) >= 11 is 4.62. The summed E-state index contributed by atoms with van der Waals surface area (Å²) in [6.45, 7) is 0. The van der Waals surface area contributed by atoms with E-state index in [1.807, 2.05) is 0 Å². The fourth-order valence-corrected chi connectivity index (χ4v) is 1.78. The van der Waals surface area contributed by atoms with E-state index in [4.69, 9.17) is 5.73 Å². The molecule has 1 fully saturated rings. The molecule has 1 aromatic rings. The Morgan fingerprint density at radius 3 is 2.50 bits per heavy atom. The van der Waals surface area contributed by atoms with Gasteiger partial charge in [-0.1, -0.05) is 12.2 Å². The number of benzene rings is 1. The third-order valence-electron chi connectivity index (χ3n) is 2.81. The van der Waals surface area contributed by atoms with E-state index in [1.165, 1.54) is 12.1 Å². The normalized spacial score (nSPS) is 15.6. The number of anilines is 1. The van der Waals surface area contributed by atoms with Crippen LogP contribution in [-0.2, 0) is 0 Å². The number of rotatable bonds is 3. The van der Waals surface area contributed by atoms with Crippen LogP contribution < -0.4 is 11.1 Å². The molecule has 0 radical (unpaired) electrons. The van der Waals surface area contributed by atoms with Crippen molar-refractivity contribution in [2.75, 3.05) is 5.32 Å². The number of hydrogen-bond donors (Lipinski definition) is 2. The van der Waals surface area contributed by atoms with Gasteiger partial charge in [-0.2, -0.15) is 0 Å². The summed E-state index contributed by atoms with van der Waals surface area (Å²) in [5.74, 6) is -1.88. The minimum absolute atomic E-state index is 0.0494. The van der Waals surface area contributed by atoms with Crippen LogP contribution in [0.2, 0.25) is 0 Å². The van der Waals surface area contributed by atoms with E-state index >= 15 is 0 Å². The number of thiocarbonyl (C=S) groups is 1. The van der Waals surface area contributed by atoms with Crippen molar-refractivity contribution in [3.63, 3.8) is 0 Å². The van der Waals surface area contributed by atoms with Gasteiger partial charge in [0.15, 0.2) is 11.6 Å². The first-order valence-corrected chi connectivity index (χ1v) is 5.54. The number of hydrogen-bond acceptors (Lipinski definition) is 2. The van der Waals surface area contributed by atoms with Gasteiger partial charge in [0.1, 0.15) is 4.99 Å². The molecule has 0 unspecified atom stereocenters. The molecule has 16 heavy (non-hydrogen) atoms. The Balaban J connectivity index is 2.26. The lowest BCUT2D eigenvalue weighted by atomic mass is 9.93. The average Bonchev–Trinajstić information content (AvgIpc) is 2.17. The summed E-state index contributed by atoms with van der Waals surface area (Å²) < 4.78 is 27.1. The molecule has 1 aromatic carbocycles. The summed E-state index contributed by atoms with van der Waals surface area (Å²) in [7, 11) is 0. The summed E-state index contributed by atoms with van der Waals surface area (Å²) in [5, 5.41) is 2.95.